The van der Waals surface area contributed by atoms with Crippen LogP contribution >= 0.6 is 0 Å². The summed E-state index contributed by atoms with van der Waals surface area (Å²) in [7, 11) is 0. The van der Waals surface area contributed by atoms with Crippen LogP contribution in [-0.4, -0.2) is 14.1 Å². The van der Waals surface area contributed by atoms with Gasteiger partial charge in [-0.05, 0) is 70.3 Å². The molecule has 0 amide bonds. The van der Waals surface area contributed by atoms with Gasteiger partial charge in [-0.1, -0.05) is 133 Å². The van der Waals surface area contributed by atoms with Crippen molar-refractivity contribution in [2.24, 2.45) is 0 Å². The number of nitrogens with zero attached hydrogens (tertiary/aromatic N) is 2. The van der Waals surface area contributed by atoms with Crippen LogP contribution in [0.3, 0.4) is 0 Å². The minimum Gasteiger partial charge on any atom is -0.354 e. The van der Waals surface area contributed by atoms with Gasteiger partial charge in [0.25, 0.3) is 0 Å². The van der Waals surface area contributed by atoms with Crippen LogP contribution < -0.4 is 0 Å². The van der Waals surface area contributed by atoms with E-state index in [1.54, 1.807) is 0 Å². The normalized spacial score (nSPS) is 14.0. The van der Waals surface area contributed by atoms with Crippen LogP contribution in [0.5, 0.6) is 0 Å². The maximum atomic E-state index is 3.85. The lowest BCUT2D eigenvalue weighted by molar-refractivity contribution is 1.01. The van der Waals surface area contributed by atoms with Crippen molar-refractivity contribution in [2.45, 2.75) is 5.92 Å². The maximum Gasteiger partial charge on any atom is 0.0788 e. The van der Waals surface area contributed by atoms with Crippen molar-refractivity contribution in [3.8, 4) is 22.5 Å². The van der Waals surface area contributed by atoms with Crippen molar-refractivity contribution in [1.29, 1.82) is 0 Å². The predicted octanol–water partition coefficient (Wildman–Crippen LogP) is 12.7. The van der Waals surface area contributed by atoms with Crippen molar-refractivity contribution >= 4 is 65.4 Å². The van der Waals surface area contributed by atoms with E-state index in [4.69, 9.17) is 0 Å². The fourth-order valence-electron chi connectivity index (χ4n) is 9.43. The molecule has 3 nitrogen and oxygen atoms in total. The second-order valence-electron chi connectivity index (χ2n) is 14.1. The first-order chi connectivity index (χ1) is 25.8. The van der Waals surface area contributed by atoms with Crippen molar-refractivity contribution in [3.63, 3.8) is 0 Å². The monoisotopic (exact) mass is 661 g/mol. The summed E-state index contributed by atoms with van der Waals surface area (Å²) in [5.41, 5.74) is 16.2. The van der Waals surface area contributed by atoms with Gasteiger partial charge >= 0.3 is 0 Å². The Balaban J connectivity index is 1.18. The summed E-state index contributed by atoms with van der Waals surface area (Å²) >= 11 is 0. The first-order valence-electron chi connectivity index (χ1n) is 18.1. The summed E-state index contributed by atoms with van der Waals surface area (Å²) in [6, 6.07) is 64.8. The third-order valence-corrected chi connectivity index (χ3v) is 11.5. The van der Waals surface area contributed by atoms with Crippen LogP contribution in [0.1, 0.15) is 22.6 Å². The Bertz CT molecular complexity index is 3250. The van der Waals surface area contributed by atoms with Gasteiger partial charge in [0.15, 0.2) is 0 Å². The van der Waals surface area contributed by atoms with Crippen LogP contribution in [-0.2, 0) is 0 Å². The molecule has 1 unspecified atom stereocenters. The Morgan fingerprint density at radius 3 is 1.77 bits per heavy atom. The first-order valence-corrected chi connectivity index (χ1v) is 18.1. The second-order valence-corrected chi connectivity index (χ2v) is 14.1. The lowest BCUT2D eigenvalue weighted by Gasteiger charge is -2.18. The van der Waals surface area contributed by atoms with Crippen molar-refractivity contribution < 1.29 is 0 Å². The Labute approximate surface area is 299 Å². The molecule has 3 heteroatoms. The summed E-state index contributed by atoms with van der Waals surface area (Å²) in [6.45, 7) is 0. The topological polar surface area (TPSA) is 25.6 Å². The highest BCUT2D eigenvalue weighted by Crippen LogP contribution is 2.52. The molecule has 0 spiro atoms. The van der Waals surface area contributed by atoms with Gasteiger partial charge in [0.2, 0.25) is 0 Å². The van der Waals surface area contributed by atoms with Crippen molar-refractivity contribution in [3.05, 3.63) is 193 Å². The summed E-state index contributed by atoms with van der Waals surface area (Å²) in [6.07, 6.45) is 0. The predicted molar refractivity (Wildman–Crippen MR) is 217 cm³/mol. The molecule has 1 aliphatic rings. The highest BCUT2D eigenvalue weighted by Gasteiger charge is 2.33. The lowest BCUT2D eigenvalue weighted by Crippen LogP contribution is -2.03. The average molecular weight is 662 g/mol. The molecule has 8 aromatic carbocycles. The lowest BCUT2D eigenvalue weighted by atomic mass is 9.88. The number of fused-ring (bicyclic) bond motifs is 14. The second kappa shape index (κ2) is 10.3. The van der Waals surface area contributed by atoms with Crippen LogP contribution in [0.25, 0.3) is 87.9 Å². The molecule has 3 aromatic heterocycles. The molecule has 0 saturated carbocycles. The largest absolute Gasteiger partial charge is 0.354 e. The van der Waals surface area contributed by atoms with E-state index in [-0.39, 0.29) is 5.92 Å². The van der Waals surface area contributed by atoms with Gasteiger partial charge in [-0.15, -0.1) is 0 Å². The zero-order valence-electron chi connectivity index (χ0n) is 28.2. The van der Waals surface area contributed by atoms with Gasteiger partial charge in [-0.2, -0.15) is 0 Å². The van der Waals surface area contributed by atoms with E-state index in [9.17, 15) is 0 Å². The number of hydrogen-bond donors (Lipinski definition) is 1. The van der Waals surface area contributed by atoms with Gasteiger partial charge in [0.05, 0.1) is 27.6 Å². The number of benzene rings is 8. The van der Waals surface area contributed by atoms with Gasteiger partial charge in [-0.25, -0.2) is 0 Å². The molecular formula is C49H31N3. The van der Waals surface area contributed by atoms with E-state index in [0.717, 1.165) is 11.4 Å². The zero-order valence-corrected chi connectivity index (χ0v) is 28.2. The Morgan fingerprint density at radius 1 is 0.404 bits per heavy atom. The molecule has 0 bridgehead atoms. The molecule has 3 heterocycles. The fourth-order valence-corrected chi connectivity index (χ4v) is 9.43. The molecule has 1 N–H and O–H groups in total. The Hall–Kier alpha value is -6.84. The molecule has 0 saturated heterocycles. The first kappa shape index (κ1) is 27.9. The van der Waals surface area contributed by atoms with Gasteiger partial charge in [0.1, 0.15) is 0 Å². The highest BCUT2D eigenvalue weighted by molar-refractivity contribution is 6.24. The molecule has 52 heavy (non-hydrogen) atoms. The zero-order chi connectivity index (χ0) is 33.9. The molecule has 242 valence electrons. The quantitative estimate of drug-likeness (QED) is 0.195. The number of rotatable bonds is 3. The van der Waals surface area contributed by atoms with Crippen molar-refractivity contribution in [2.75, 3.05) is 0 Å². The summed E-state index contributed by atoms with van der Waals surface area (Å²) in [5, 5.41) is 7.58. The fraction of sp³-hybridized carbons (Fsp3) is 0.0204. The van der Waals surface area contributed by atoms with Gasteiger partial charge in [-0.3, -0.25) is 0 Å². The summed E-state index contributed by atoms with van der Waals surface area (Å²) < 4.78 is 4.97. The van der Waals surface area contributed by atoms with E-state index in [2.05, 4.69) is 190 Å². The van der Waals surface area contributed by atoms with E-state index < -0.39 is 0 Å². The molecule has 0 aliphatic heterocycles. The number of nitrogens with one attached hydrogen (secondary N) is 1. The Morgan fingerprint density at radius 2 is 1.00 bits per heavy atom. The minimum atomic E-state index is 0.0896. The molecular weight excluding hydrogens is 631 g/mol. The number of aromatic nitrogens is 3. The smallest absolute Gasteiger partial charge is 0.0788 e. The van der Waals surface area contributed by atoms with Gasteiger partial charge < -0.3 is 14.1 Å². The van der Waals surface area contributed by atoms with Crippen LogP contribution in [0, 0.1) is 0 Å². The molecule has 11 aromatic rings. The van der Waals surface area contributed by atoms with E-state index in [1.165, 1.54) is 93.2 Å². The number of hydrogen-bond acceptors (Lipinski definition) is 0. The standard InChI is InChI=1S/C49H31N3/c1-2-14-31(15-3-1)51-43-23-10-7-19-35(43)40-27-28-41-36-20-8-11-24-44(36)52(49(41)48(40)51)32-16-12-13-30(29-32)45-37-21-5-4-17-33(37)38-25-26-39-34-18-6-9-22-42(34)50-47(39)46(38)45/h1-29,45,50H. The minimum absolute atomic E-state index is 0.0896. The Kier molecular flexibility index (Phi) is 5.56. The van der Waals surface area contributed by atoms with Crippen molar-refractivity contribution in [1.82, 2.24) is 14.1 Å². The molecule has 12 rings (SSSR count). The van der Waals surface area contributed by atoms with E-state index in [1.807, 2.05) is 0 Å². The maximum absolute atomic E-state index is 3.85. The van der Waals surface area contributed by atoms with E-state index >= 15 is 0 Å². The highest BCUT2D eigenvalue weighted by atomic mass is 15.0. The molecule has 0 fully saturated rings. The van der Waals surface area contributed by atoms with Crippen LogP contribution in [0.4, 0.5) is 0 Å². The number of aromatic amines is 1. The SMILES string of the molecule is c1ccc(-n2c3ccccc3c3ccc4c5ccccc5n(-c5cccc(C6c7ccccc7-c7ccc8c([nH]c9ccccc98)c76)c5)c4c32)cc1. The van der Waals surface area contributed by atoms with Crippen LogP contribution in [0.2, 0.25) is 0 Å². The third-order valence-electron chi connectivity index (χ3n) is 11.5. The molecule has 1 aliphatic carbocycles. The van der Waals surface area contributed by atoms with Crippen LogP contribution in [0.15, 0.2) is 176 Å². The summed E-state index contributed by atoms with van der Waals surface area (Å²) in [4.78, 5) is 3.85. The molecule has 1 atom stereocenters. The number of H-pyrrole nitrogens is 1. The summed E-state index contributed by atoms with van der Waals surface area (Å²) in [5.74, 6) is 0.0896. The average Bonchev–Trinajstić information content (AvgIpc) is 3.95. The molecule has 0 radical (unpaired) electrons. The third kappa shape index (κ3) is 3.64. The number of para-hydroxylation sites is 4. The van der Waals surface area contributed by atoms with Gasteiger partial charge in [0, 0.05) is 55.1 Å². The van der Waals surface area contributed by atoms with E-state index in [0.29, 0.717) is 0 Å².